The van der Waals surface area contributed by atoms with Crippen LogP contribution in [-0.4, -0.2) is 52.2 Å². The minimum atomic E-state index is -4.14. The molecule has 5 rings (SSSR count). The van der Waals surface area contributed by atoms with E-state index in [1.807, 2.05) is 0 Å². The Kier molecular flexibility index (Phi) is 6.89. The highest BCUT2D eigenvalue weighted by atomic mass is 32.2. The number of aromatic amines is 1. The van der Waals surface area contributed by atoms with Gasteiger partial charge in [0.1, 0.15) is 23.0 Å². The molecule has 0 saturated heterocycles. The predicted molar refractivity (Wildman–Crippen MR) is 145 cm³/mol. The maximum atomic E-state index is 14.7. The average molecular weight is 589 g/mol. The zero-order valence-corrected chi connectivity index (χ0v) is 22.9. The van der Waals surface area contributed by atoms with Crippen molar-refractivity contribution < 1.29 is 29.9 Å². The lowest BCUT2D eigenvalue weighted by Gasteiger charge is -2.13. The van der Waals surface area contributed by atoms with Crippen LogP contribution < -0.4 is 5.48 Å². The second-order valence-electron chi connectivity index (χ2n) is 8.99. The number of hydrogen-bond acceptors (Lipinski definition) is 9. The summed E-state index contributed by atoms with van der Waals surface area (Å²) in [5, 5.41) is -0.947. The molecule has 11 nitrogen and oxygen atoms in total. The average Bonchev–Trinajstić information content (AvgIpc) is 3.49. The zero-order valence-electron chi connectivity index (χ0n) is 21.3. The monoisotopic (exact) mass is 588 g/mol. The Bertz CT molecular complexity index is 1940. The first-order chi connectivity index (χ1) is 18.9. The quantitative estimate of drug-likeness (QED) is 0.253. The number of H-pyrrole nitrogens is 1. The number of nitrogens with zero attached hydrogens (tertiary/aromatic N) is 4. The van der Waals surface area contributed by atoms with E-state index in [1.54, 1.807) is 30.3 Å². The third-order valence-corrected chi connectivity index (χ3v) is 8.24. The van der Waals surface area contributed by atoms with Crippen LogP contribution in [0.15, 0.2) is 60.7 Å². The second-order valence-corrected chi connectivity index (χ2v) is 12.9. The fraction of sp³-hybridized carbons (Fsp3) is 0.160. The molecule has 0 saturated carbocycles. The van der Waals surface area contributed by atoms with Crippen LogP contribution in [0.3, 0.4) is 0 Å². The van der Waals surface area contributed by atoms with Crippen LogP contribution in [0.5, 0.6) is 0 Å². The molecule has 0 bridgehead atoms. The van der Waals surface area contributed by atoms with Gasteiger partial charge < -0.3 is 4.98 Å². The van der Waals surface area contributed by atoms with Gasteiger partial charge in [0.25, 0.3) is 10.1 Å². The van der Waals surface area contributed by atoms with Gasteiger partial charge in [-0.2, -0.15) is 12.4 Å². The van der Waals surface area contributed by atoms with Gasteiger partial charge in [-0.1, -0.05) is 36.4 Å². The summed E-state index contributed by atoms with van der Waals surface area (Å²) in [5.74, 6) is -2.18. The van der Waals surface area contributed by atoms with E-state index in [4.69, 9.17) is 0 Å². The fourth-order valence-corrected chi connectivity index (χ4v) is 5.25. The number of imidazole rings is 2. The molecule has 0 atom stereocenters. The van der Waals surface area contributed by atoms with Crippen LogP contribution in [0.25, 0.3) is 45.2 Å². The molecule has 3 heterocycles. The Labute approximate surface area is 228 Å². The van der Waals surface area contributed by atoms with Crippen LogP contribution in [0, 0.1) is 11.6 Å². The largest absolute Gasteiger partial charge is 0.336 e. The topological polar surface area (TPSA) is 149 Å². The molecular weight excluding hydrogens is 566 g/mol. The predicted octanol–water partition coefficient (Wildman–Crippen LogP) is 4.32. The minimum absolute atomic E-state index is 0.0985. The summed E-state index contributed by atoms with van der Waals surface area (Å²) >= 11 is 0. The molecule has 0 fully saturated rings. The number of fused-ring (bicyclic) bond motifs is 1. The summed E-state index contributed by atoms with van der Waals surface area (Å²) in [4.78, 5) is 16.1. The highest BCUT2D eigenvalue weighted by Crippen LogP contribution is 2.35. The van der Waals surface area contributed by atoms with E-state index >= 15 is 0 Å². The highest BCUT2D eigenvalue weighted by molar-refractivity contribution is 7.90. The molecule has 2 N–H and O–H groups in total. The highest BCUT2D eigenvalue weighted by Gasteiger charge is 2.28. The number of anilines is 1. The van der Waals surface area contributed by atoms with Crippen LogP contribution >= 0.6 is 0 Å². The summed E-state index contributed by atoms with van der Waals surface area (Å²) in [5.41, 5.74) is 3.01. The summed E-state index contributed by atoms with van der Waals surface area (Å²) in [6.45, 7) is 2.87. The zero-order chi connectivity index (χ0) is 28.8. The number of pyridine rings is 1. The van der Waals surface area contributed by atoms with Crippen LogP contribution in [0.2, 0.25) is 0 Å². The summed E-state index contributed by atoms with van der Waals surface area (Å²) in [6, 6.07) is 15.2. The molecule has 3 aromatic heterocycles. The molecule has 0 radical (unpaired) electrons. The van der Waals surface area contributed by atoms with Crippen molar-refractivity contribution in [1.82, 2.24) is 23.9 Å². The maximum Gasteiger partial charge on any atom is 0.285 e. The number of rotatable bonds is 8. The van der Waals surface area contributed by atoms with Gasteiger partial charge in [-0.25, -0.2) is 37.6 Å². The third kappa shape index (κ3) is 5.05. The molecule has 0 spiro atoms. The molecule has 0 unspecified atom stereocenters. The van der Waals surface area contributed by atoms with E-state index in [1.165, 1.54) is 32.0 Å². The van der Waals surface area contributed by atoms with Gasteiger partial charge in [0.15, 0.2) is 5.65 Å². The Morgan fingerprint density at radius 2 is 1.57 bits per heavy atom. The van der Waals surface area contributed by atoms with Gasteiger partial charge in [-0.3, -0.25) is 0 Å². The Balaban J connectivity index is 1.76. The normalized spacial score (nSPS) is 12.3. The van der Waals surface area contributed by atoms with Crippen LogP contribution in [0.4, 0.5) is 14.7 Å². The molecular formula is C25H22F2N6O5S2. The number of nitrogens with one attached hydrogen (secondary N) is 2. The van der Waals surface area contributed by atoms with E-state index in [9.17, 15) is 25.6 Å². The number of hydrogen-bond donors (Lipinski definition) is 2. The molecule has 0 aliphatic carbocycles. The smallest absolute Gasteiger partial charge is 0.285 e. The van der Waals surface area contributed by atoms with Crippen molar-refractivity contribution in [2.75, 3.05) is 11.7 Å². The van der Waals surface area contributed by atoms with Gasteiger partial charge in [-0.05, 0) is 38.1 Å². The standard InChI is InChI=1S/C25H22F2N6O5S2/c1-14(2)40(36,37)33-24-19(29-25(33)32-38-39(3,34)35)13-12-18(28-24)22-21(15-8-5-4-6-9-15)30-23(31-22)20-16(26)10-7-11-17(20)27/h4-14H,1-3H3,(H,29,32)(H,30,31). The van der Waals surface area contributed by atoms with Crippen molar-refractivity contribution in [1.29, 1.82) is 0 Å². The number of aromatic nitrogens is 5. The van der Waals surface area contributed by atoms with Crippen LogP contribution in [-0.2, 0) is 24.4 Å². The van der Waals surface area contributed by atoms with Crippen molar-refractivity contribution in [3.8, 4) is 34.0 Å². The molecule has 40 heavy (non-hydrogen) atoms. The molecule has 15 heteroatoms. The van der Waals surface area contributed by atoms with Crippen molar-refractivity contribution in [2.24, 2.45) is 0 Å². The van der Waals surface area contributed by atoms with E-state index in [-0.39, 0.29) is 33.9 Å². The van der Waals surface area contributed by atoms with E-state index in [0.29, 0.717) is 11.3 Å². The van der Waals surface area contributed by atoms with E-state index in [0.717, 1.165) is 22.4 Å². The van der Waals surface area contributed by atoms with Gasteiger partial charge in [0.05, 0.1) is 34.2 Å². The maximum absolute atomic E-state index is 14.7. The fourth-order valence-electron chi connectivity index (χ4n) is 3.91. The third-order valence-electron chi connectivity index (χ3n) is 5.81. The molecule has 0 amide bonds. The SMILES string of the molecule is CC(C)S(=O)(=O)n1c(NOS(C)(=O)=O)nc2ccc(-c3[nH]c(-c4c(F)cccc4F)nc3-c3ccccc3)nc21. The second kappa shape index (κ2) is 10.1. The van der Waals surface area contributed by atoms with Gasteiger partial charge in [-0.15, -0.1) is 4.28 Å². The number of benzene rings is 2. The van der Waals surface area contributed by atoms with Crippen LogP contribution in [0.1, 0.15) is 13.8 Å². The lowest BCUT2D eigenvalue weighted by atomic mass is 10.1. The molecule has 2 aromatic carbocycles. The van der Waals surface area contributed by atoms with E-state index in [2.05, 4.69) is 29.7 Å². The number of halogens is 2. The van der Waals surface area contributed by atoms with Gasteiger partial charge in [0, 0.05) is 5.56 Å². The van der Waals surface area contributed by atoms with Gasteiger partial charge >= 0.3 is 0 Å². The summed E-state index contributed by atoms with van der Waals surface area (Å²) in [6.07, 6.45) is 0.777. The van der Waals surface area contributed by atoms with E-state index < -0.39 is 43.0 Å². The minimum Gasteiger partial charge on any atom is -0.336 e. The van der Waals surface area contributed by atoms with Crippen molar-refractivity contribution in [2.45, 2.75) is 19.1 Å². The summed E-state index contributed by atoms with van der Waals surface area (Å²) in [7, 11) is -8.15. The van der Waals surface area contributed by atoms with Crippen molar-refractivity contribution >= 4 is 37.3 Å². The van der Waals surface area contributed by atoms with Crippen molar-refractivity contribution in [3.63, 3.8) is 0 Å². The Morgan fingerprint density at radius 3 is 2.20 bits per heavy atom. The lowest BCUT2D eigenvalue weighted by Crippen LogP contribution is -2.25. The van der Waals surface area contributed by atoms with Gasteiger partial charge in [0.2, 0.25) is 16.0 Å². The first-order valence-corrected chi connectivity index (χ1v) is 15.1. The first-order valence-electron chi connectivity index (χ1n) is 11.8. The molecule has 5 aromatic rings. The first kappa shape index (κ1) is 27.4. The molecule has 0 aliphatic rings. The molecule has 208 valence electrons. The Hall–Kier alpha value is -4.21. The lowest BCUT2D eigenvalue weighted by molar-refractivity contribution is 0.391. The van der Waals surface area contributed by atoms with Crippen molar-refractivity contribution in [3.05, 3.63) is 72.3 Å². The Morgan fingerprint density at radius 1 is 0.900 bits per heavy atom. The summed E-state index contributed by atoms with van der Waals surface area (Å²) < 4.78 is 84.3. The molecule has 0 aliphatic heterocycles.